The highest BCUT2D eigenvalue weighted by atomic mass is 16.5. The minimum atomic E-state index is -0.225. The van der Waals surface area contributed by atoms with E-state index in [4.69, 9.17) is 9.15 Å². The Labute approximate surface area is 114 Å². The molecule has 0 saturated heterocycles. The van der Waals surface area contributed by atoms with E-state index < -0.39 is 0 Å². The van der Waals surface area contributed by atoms with Crippen molar-refractivity contribution in [3.63, 3.8) is 0 Å². The summed E-state index contributed by atoms with van der Waals surface area (Å²) in [5.74, 6) is 1.88. The molecule has 1 N–H and O–H groups in total. The lowest BCUT2D eigenvalue weighted by molar-refractivity contribution is 0.115. The van der Waals surface area contributed by atoms with Crippen LogP contribution in [0.2, 0.25) is 0 Å². The number of aryl methyl sites for hydroxylation is 1. The van der Waals surface area contributed by atoms with Gasteiger partial charge in [0.05, 0.1) is 18.7 Å². The number of ether oxygens (including phenoxy) is 1. The number of hydrogen-bond donors (Lipinski definition) is 1. The summed E-state index contributed by atoms with van der Waals surface area (Å²) in [6, 6.07) is 14.3. The van der Waals surface area contributed by atoms with Gasteiger partial charge < -0.3 is 9.15 Å². The smallest absolute Gasteiger partial charge is 0.117 e. The molecule has 0 radical (unpaired) electrons. The fraction of sp³-hybridized carbons (Fsp3) is 0.375. The maximum atomic E-state index is 5.59. The molecule has 102 valence electrons. The Morgan fingerprint density at radius 1 is 1.16 bits per heavy atom. The molecule has 0 aliphatic carbocycles. The Bertz CT molecular complexity index is 506. The molecule has 0 spiro atoms. The molecule has 2 rings (SSSR count). The third-order valence-corrected chi connectivity index (χ3v) is 3.29. The lowest BCUT2D eigenvalue weighted by Gasteiger charge is -2.30. The minimum absolute atomic E-state index is 0.225. The van der Waals surface area contributed by atoms with Gasteiger partial charge in [0.2, 0.25) is 0 Å². The van der Waals surface area contributed by atoms with Gasteiger partial charge in [0.25, 0.3) is 0 Å². The Morgan fingerprint density at radius 2 is 1.89 bits per heavy atom. The van der Waals surface area contributed by atoms with Crippen LogP contribution >= 0.6 is 0 Å². The molecule has 2 aromatic rings. The first-order valence-corrected chi connectivity index (χ1v) is 6.49. The van der Waals surface area contributed by atoms with Crippen molar-refractivity contribution in [2.75, 3.05) is 13.7 Å². The van der Waals surface area contributed by atoms with Gasteiger partial charge in [-0.3, -0.25) is 5.32 Å². The second-order valence-corrected chi connectivity index (χ2v) is 5.00. The molecule has 1 heterocycles. The Kier molecular flexibility index (Phi) is 4.40. The summed E-state index contributed by atoms with van der Waals surface area (Å²) < 4.78 is 11.0. The van der Waals surface area contributed by atoms with Crippen LogP contribution in [0.25, 0.3) is 0 Å². The van der Waals surface area contributed by atoms with Crippen LogP contribution in [0.5, 0.6) is 0 Å². The summed E-state index contributed by atoms with van der Waals surface area (Å²) >= 11 is 0. The van der Waals surface area contributed by atoms with Gasteiger partial charge in [0.1, 0.15) is 11.5 Å². The number of nitrogens with one attached hydrogen (secondary N) is 1. The summed E-state index contributed by atoms with van der Waals surface area (Å²) in [5, 5.41) is 3.52. The fourth-order valence-electron chi connectivity index (χ4n) is 2.19. The van der Waals surface area contributed by atoms with Crippen LogP contribution < -0.4 is 5.32 Å². The molecule has 1 atom stereocenters. The average Bonchev–Trinajstić information content (AvgIpc) is 2.84. The highest BCUT2D eigenvalue weighted by Gasteiger charge is 2.26. The number of hydrogen-bond acceptors (Lipinski definition) is 3. The Morgan fingerprint density at radius 3 is 2.47 bits per heavy atom. The Balaban J connectivity index is 2.11. The quantitative estimate of drug-likeness (QED) is 0.864. The summed E-state index contributed by atoms with van der Waals surface area (Å²) in [6.07, 6.45) is 0. The van der Waals surface area contributed by atoms with E-state index in [1.54, 1.807) is 7.11 Å². The van der Waals surface area contributed by atoms with Crippen LogP contribution in [0, 0.1) is 6.92 Å². The number of benzene rings is 1. The summed E-state index contributed by atoms with van der Waals surface area (Å²) in [7, 11) is 1.72. The zero-order valence-corrected chi connectivity index (χ0v) is 11.8. The lowest BCUT2D eigenvalue weighted by atomic mass is 9.93. The van der Waals surface area contributed by atoms with Crippen LogP contribution in [0.15, 0.2) is 46.9 Å². The largest absolute Gasteiger partial charge is 0.465 e. The van der Waals surface area contributed by atoms with Crippen molar-refractivity contribution in [3.8, 4) is 0 Å². The first-order chi connectivity index (χ1) is 9.14. The molecule has 1 unspecified atom stereocenters. The number of rotatable bonds is 6. The van der Waals surface area contributed by atoms with Crippen LogP contribution in [0.3, 0.4) is 0 Å². The number of methoxy groups -OCH3 is 1. The molecule has 19 heavy (non-hydrogen) atoms. The predicted molar refractivity (Wildman–Crippen MR) is 76.0 cm³/mol. The Hall–Kier alpha value is -1.58. The van der Waals surface area contributed by atoms with Crippen molar-refractivity contribution in [1.29, 1.82) is 0 Å². The topological polar surface area (TPSA) is 34.4 Å². The minimum Gasteiger partial charge on any atom is -0.465 e. The van der Waals surface area contributed by atoms with Crippen molar-refractivity contribution >= 4 is 0 Å². The van der Waals surface area contributed by atoms with Gasteiger partial charge >= 0.3 is 0 Å². The molecule has 0 amide bonds. The van der Waals surface area contributed by atoms with Crippen molar-refractivity contribution in [2.45, 2.75) is 25.9 Å². The highest BCUT2D eigenvalue weighted by molar-refractivity contribution is 5.24. The molecular formula is C16H21NO2. The van der Waals surface area contributed by atoms with Crippen LogP contribution in [-0.2, 0) is 16.8 Å². The molecule has 1 aromatic heterocycles. The van der Waals surface area contributed by atoms with Crippen molar-refractivity contribution in [1.82, 2.24) is 5.32 Å². The first-order valence-electron chi connectivity index (χ1n) is 6.49. The van der Waals surface area contributed by atoms with Gasteiger partial charge in [-0.15, -0.1) is 0 Å². The van der Waals surface area contributed by atoms with E-state index in [2.05, 4.69) is 24.4 Å². The molecule has 0 aliphatic rings. The van der Waals surface area contributed by atoms with E-state index >= 15 is 0 Å². The highest BCUT2D eigenvalue weighted by Crippen LogP contribution is 2.21. The molecule has 0 bridgehead atoms. The van der Waals surface area contributed by atoms with Gasteiger partial charge in [-0.05, 0) is 31.5 Å². The van der Waals surface area contributed by atoms with E-state index in [9.17, 15) is 0 Å². The third kappa shape index (κ3) is 3.46. The van der Waals surface area contributed by atoms with Crippen molar-refractivity contribution in [3.05, 3.63) is 59.5 Å². The fourth-order valence-corrected chi connectivity index (χ4v) is 2.19. The molecule has 3 nitrogen and oxygen atoms in total. The summed E-state index contributed by atoms with van der Waals surface area (Å²) in [5.41, 5.74) is 0.983. The molecule has 0 aliphatic heterocycles. The van der Waals surface area contributed by atoms with E-state index in [0.717, 1.165) is 11.5 Å². The molecule has 0 fully saturated rings. The molecule has 3 heteroatoms. The SMILES string of the molecule is COCC(C)(NCc1ccc(C)o1)c1ccccc1. The van der Waals surface area contributed by atoms with Crippen LogP contribution in [-0.4, -0.2) is 13.7 Å². The number of furan rings is 1. The zero-order valence-electron chi connectivity index (χ0n) is 11.8. The molecular weight excluding hydrogens is 238 g/mol. The molecule has 0 saturated carbocycles. The predicted octanol–water partition coefficient (Wildman–Crippen LogP) is 3.24. The molecule has 1 aromatic carbocycles. The van der Waals surface area contributed by atoms with Crippen molar-refractivity contribution < 1.29 is 9.15 Å². The summed E-state index contributed by atoms with van der Waals surface area (Å²) in [6.45, 7) is 5.38. The second-order valence-electron chi connectivity index (χ2n) is 5.00. The van der Waals surface area contributed by atoms with E-state index in [-0.39, 0.29) is 5.54 Å². The van der Waals surface area contributed by atoms with Gasteiger partial charge in [0, 0.05) is 7.11 Å². The van der Waals surface area contributed by atoms with E-state index in [1.807, 2.05) is 37.3 Å². The normalized spacial score (nSPS) is 14.3. The van der Waals surface area contributed by atoms with Crippen LogP contribution in [0.1, 0.15) is 24.0 Å². The maximum absolute atomic E-state index is 5.59. The van der Waals surface area contributed by atoms with Crippen LogP contribution in [0.4, 0.5) is 0 Å². The van der Waals surface area contributed by atoms with Gasteiger partial charge in [-0.25, -0.2) is 0 Å². The zero-order chi connectivity index (χ0) is 13.7. The van der Waals surface area contributed by atoms with Crippen molar-refractivity contribution in [2.24, 2.45) is 0 Å². The van der Waals surface area contributed by atoms with Gasteiger partial charge in [-0.1, -0.05) is 30.3 Å². The van der Waals surface area contributed by atoms with Gasteiger partial charge in [-0.2, -0.15) is 0 Å². The summed E-state index contributed by atoms with van der Waals surface area (Å²) in [4.78, 5) is 0. The van der Waals surface area contributed by atoms with E-state index in [0.29, 0.717) is 13.2 Å². The average molecular weight is 259 g/mol. The van der Waals surface area contributed by atoms with Gasteiger partial charge in [0.15, 0.2) is 0 Å². The standard InChI is InChI=1S/C16H21NO2/c1-13-9-10-15(19-13)11-17-16(2,12-18-3)14-7-5-4-6-8-14/h4-10,17H,11-12H2,1-3H3. The first kappa shape index (κ1) is 13.8. The lowest BCUT2D eigenvalue weighted by Crippen LogP contribution is -2.42. The maximum Gasteiger partial charge on any atom is 0.117 e. The monoisotopic (exact) mass is 259 g/mol. The third-order valence-electron chi connectivity index (χ3n) is 3.29. The van der Waals surface area contributed by atoms with E-state index in [1.165, 1.54) is 5.56 Å². The second kappa shape index (κ2) is 6.04.